The monoisotopic (exact) mass is 443 g/mol. The van der Waals surface area contributed by atoms with Gasteiger partial charge in [0, 0.05) is 31.4 Å². The fourth-order valence-corrected chi connectivity index (χ4v) is 4.31. The van der Waals surface area contributed by atoms with Gasteiger partial charge in [-0.2, -0.15) is 0 Å². The number of fused-ring (bicyclic) bond motifs is 1. The fourth-order valence-electron chi connectivity index (χ4n) is 4.31. The van der Waals surface area contributed by atoms with Crippen molar-refractivity contribution in [2.75, 3.05) is 29.9 Å². The molecule has 7 nitrogen and oxygen atoms in total. The van der Waals surface area contributed by atoms with Gasteiger partial charge in [-0.15, -0.1) is 0 Å². The number of H-pyrrole nitrogens is 1. The van der Waals surface area contributed by atoms with Crippen LogP contribution in [-0.4, -0.2) is 41.5 Å². The van der Waals surface area contributed by atoms with Crippen molar-refractivity contribution in [2.24, 2.45) is 4.99 Å². The Morgan fingerprint density at radius 2 is 1.64 bits per heavy atom. The molecule has 1 aromatic heterocycles. The number of aromatic nitrogens is 2. The topological polar surface area (TPSA) is 73.7 Å². The van der Waals surface area contributed by atoms with Crippen LogP contribution in [0.1, 0.15) is 30.5 Å². The van der Waals surface area contributed by atoms with Gasteiger partial charge >= 0.3 is 0 Å². The molecule has 1 aliphatic rings. The summed E-state index contributed by atoms with van der Waals surface area (Å²) < 4.78 is 1.43. The molecular weight excluding hydrogens is 414 g/mol. The first-order valence-corrected chi connectivity index (χ1v) is 11.1. The van der Waals surface area contributed by atoms with E-state index >= 15 is 0 Å². The van der Waals surface area contributed by atoms with Gasteiger partial charge in [0.1, 0.15) is 11.5 Å². The quantitative estimate of drug-likeness (QED) is 0.636. The maximum Gasteiger partial charge on any atom is 0.281 e. The van der Waals surface area contributed by atoms with Crippen LogP contribution < -0.4 is 15.4 Å². The molecule has 0 unspecified atom stereocenters. The minimum Gasteiger partial charge on any atom is -0.372 e. The molecule has 0 spiro atoms. The molecule has 1 amide bonds. The van der Waals surface area contributed by atoms with Gasteiger partial charge in [0.25, 0.3) is 11.5 Å². The molecule has 4 rings (SSSR count). The predicted octanol–water partition coefficient (Wildman–Crippen LogP) is 4.39. The van der Waals surface area contributed by atoms with Crippen LogP contribution in [0.5, 0.6) is 0 Å². The van der Waals surface area contributed by atoms with E-state index in [4.69, 9.17) is 4.99 Å². The Hall–Kier alpha value is -3.87. The first-order chi connectivity index (χ1) is 15.8. The molecule has 1 aliphatic heterocycles. The average molecular weight is 444 g/mol. The zero-order chi connectivity index (χ0) is 23.9. The Kier molecular flexibility index (Phi) is 5.80. The second-order valence-electron chi connectivity index (χ2n) is 8.22. The molecule has 0 atom stereocenters. The lowest BCUT2D eigenvalue weighted by atomic mass is 9.99. The third-order valence-corrected chi connectivity index (χ3v) is 6.14. The highest BCUT2D eigenvalue weighted by molar-refractivity contribution is 6.60. The Morgan fingerprint density at radius 3 is 2.21 bits per heavy atom. The normalized spacial score (nSPS) is 14.7. The van der Waals surface area contributed by atoms with Crippen LogP contribution in [-0.2, 0) is 4.79 Å². The summed E-state index contributed by atoms with van der Waals surface area (Å²) in [4.78, 5) is 35.0. The van der Waals surface area contributed by atoms with Crippen LogP contribution in [0.15, 0.2) is 58.8 Å². The van der Waals surface area contributed by atoms with Gasteiger partial charge in [-0.1, -0.05) is 24.8 Å². The summed E-state index contributed by atoms with van der Waals surface area (Å²) in [5.74, 6) is 0.115. The smallest absolute Gasteiger partial charge is 0.281 e. The number of aliphatic imine (C=N–C) groups is 1. The minimum atomic E-state index is -0.305. The lowest BCUT2D eigenvalue weighted by Crippen LogP contribution is -2.39. The third kappa shape index (κ3) is 3.69. The maximum atomic E-state index is 13.3. The van der Waals surface area contributed by atoms with Gasteiger partial charge in [-0.3, -0.25) is 19.6 Å². The number of hydrogen-bond acceptors (Lipinski definition) is 4. The van der Waals surface area contributed by atoms with E-state index in [2.05, 4.69) is 42.6 Å². The molecule has 0 aliphatic carbocycles. The molecule has 2 heterocycles. The highest BCUT2D eigenvalue weighted by Crippen LogP contribution is 2.34. The molecule has 7 heteroatoms. The summed E-state index contributed by atoms with van der Waals surface area (Å²) in [6, 6.07) is 13.4. The average Bonchev–Trinajstić information content (AvgIpc) is 3.15. The van der Waals surface area contributed by atoms with Gasteiger partial charge in [0.2, 0.25) is 0 Å². The second kappa shape index (κ2) is 8.58. The SMILES string of the molecule is C=C1C(=Nc2c(C)cc(N(CC)CC)cc2C)C(=O)N(C)c2[nH]n(-c3ccccc3)c(=O)c21. The number of carbonyl (C=O) groups is 1. The fraction of sp³-hybridized carbons (Fsp3) is 0.269. The van der Waals surface area contributed by atoms with Crippen molar-refractivity contribution in [3.63, 3.8) is 0 Å². The number of carbonyl (C=O) groups excluding carboxylic acids is 1. The van der Waals surface area contributed by atoms with E-state index in [0.29, 0.717) is 22.6 Å². The molecule has 0 bridgehead atoms. The third-order valence-electron chi connectivity index (χ3n) is 6.14. The molecule has 33 heavy (non-hydrogen) atoms. The van der Waals surface area contributed by atoms with Gasteiger partial charge < -0.3 is 4.90 Å². The summed E-state index contributed by atoms with van der Waals surface area (Å²) in [5, 5.41) is 3.06. The summed E-state index contributed by atoms with van der Waals surface area (Å²) in [7, 11) is 1.64. The van der Waals surface area contributed by atoms with E-state index in [9.17, 15) is 9.59 Å². The van der Waals surface area contributed by atoms with Gasteiger partial charge in [-0.25, -0.2) is 9.67 Å². The van der Waals surface area contributed by atoms with E-state index in [1.54, 1.807) is 7.05 Å². The molecule has 0 saturated heterocycles. The number of hydrogen-bond donors (Lipinski definition) is 1. The highest BCUT2D eigenvalue weighted by Gasteiger charge is 2.35. The van der Waals surface area contributed by atoms with E-state index in [0.717, 1.165) is 35.6 Å². The van der Waals surface area contributed by atoms with Gasteiger partial charge in [-0.05, 0) is 63.1 Å². The maximum absolute atomic E-state index is 13.3. The number of aryl methyl sites for hydroxylation is 2. The van der Waals surface area contributed by atoms with Crippen LogP contribution >= 0.6 is 0 Å². The molecule has 0 radical (unpaired) electrons. The summed E-state index contributed by atoms with van der Waals surface area (Å²) in [6.07, 6.45) is 0. The van der Waals surface area contributed by atoms with E-state index in [1.807, 2.05) is 44.2 Å². The number of para-hydroxylation sites is 1. The van der Waals surface area contributed by atoms with Crippen LogP contribution in [0, 0.1) is 13.8 Å². The Balaban J connectivity index is 1.82. The standard InChI is InChI=1S/C26H29N5O2/c1-7-30(8-2)20-14-16(3)22(17(4)15-20)27-23-18(5)21-24(29(6)26(23)33)28-31(25(21)32)19-12-10-9-11-13-19/h9-15,28H,5,7-8H2,1-4,6H3. The van der Waals surface area contributed by atoms with Crippen molar-refractivity contribution >= 4 is 34.4 Å². The zero-order valence-electron chi connectivity index (χ0n) is 19.8. The number of amides is 1. The Morgan fingerprint density at radius 1 is 1.03 bits per heavy atom. The molecule has 0 saturated carbocycles. The minimum absolute atomic E-state index is 0.183. The van der Waals surface area contributed by atoms with Gasteiger partial charge in [0.15, 0.2) is 0 Å². The van der Waals surface area contributed by atoms with E-state index in [-0.39, 0.29) is 17.2 Å². The number of aromatic amines is 1. The van der Waals surface area contributed by atoms with Gasteiger partial charge in [0.05, 0.1) is 16.9 Å². The number of nitrogens with zero attached hydrogens (tertiary/aromatic N) is 4. The lowest BCUT2D eigenvalue weighted by molar-refractivity contribution is -0.112. The van der Waals surface area contributed by atoms with Crippen molar-refractivity contribution in [1.82, 2.24) is 9.78 Å². The molecule has 3 aromatic rings. The molecule has 2 aromatic carbocycles. The van der Waals surface area contributed by atoms with E-state index < -0.39 is 0 Å². The first-order valence-electron chi connectivity index (χ1n) is 11.1. The number of benzene rings is 2. The highest BCUT2D eigenvalue weighted by atomic mass is 16.2. The Bertz CT molecular complexity index is 1300. The van der Waals surface area contributed by atoms with Crippen molar-refractivity contribution in [3.05, 3.63) is 76.1 Å². The predicted molar refractivity (Wildman–Crippen MR) is 135 cm³/mol. The van der Waals surface area contributed by atoms with Crippen LogP contribution in [0.4, 0.5) is 17.2 Å². The number of anilines is 2. The molecule has 1 N–H and O–H groups in total. The lowest BCUT2D eigenvalue weighted by Gasteiger charge is -2.25. The number of nitrogens with one attached hydrogen (secondary N) is 1. The first kappa shape index (κ1) is 22.3. The molecule has 170 valence electrons. The van der Waals surface area contributed by atoms with Crippen molar-refractivity contribution < 1.29 is 4.79 Å². The van der Waals surface area contributed by atoms with Crippen LogP contribution in [0.2, 0.25) is 0 Å². The van der Waals surface area contributed by atoms with Crippen molar-refractivity contribution in [1.29, 1.82) is 0 Å². The summed E-state index contributed by atoms with van der Waals surface area (Å²) in [5.41, 5.74) is 5.08. The van der Waals surface area contributed by atoms with E-state index in [1.165, 1.54) is 9.58 Å². The molecule has 0 fully saturated rings. The summed E-state index contributed by atoms with van der Waals surface area (Å²) in [6.45, 7) is 14.1. The molecular formula is C26H29N5O2. The largest absolute Gasteiger partial charge is 0.372 e. The second-order valence-corrected chi connectivity index (χ2v) is 8.22. The van der Waals surface area contributed by atoms with Crippen molar-refractivity contribution in [3.8, 4) is 5.69 Å². The van der Waals surface area contributed by atoms with Crippen molar-refractivity contribution in [2.45, 2.75) is 27.7 Å². The number of rotatable bonds is 5. The zero-order valence-corrected chi connectivity index (χ0v) is 19.8. The Labute approximate surface area is 193 Å². The summed E-state index contributed by atoms with van der Waals surface area (Å²) >= 11 is 0. The van der Waals surface area contributed by atoms with Crippen LogP contribution in [0.25, 0.3) is 11.3 Å². The van der Waals surface area contributed by atoms with Crippen LogP contribution in [0.3, 0.4) is 0 Å².